The van der Waals surface area contributed by atoms with Crippen molar-refractivity contribution in [3.05, 3.63) is 46.1 Å². The van der Waals surface area contributed by atoms with Gasteiger partial charge in [0.05, 0.1) is 6.54 Å². The number of aryl methyl sites for hydroxylation is 1. The minimum absolute atomic E-state index is 0.0930. The number of benzene rings is 1. The molecular formula is C16H17BrN4O2. The van der Waals surface area contributed by atoms with E-state index in [-0.39, 0.29) is 18.4 Å². The number of nitrogens with zero attached hydrogens (tertiary/aromatic N) is 2. The summed E-state index contributed by atoms with van der Waals surface area (Å²) in [5.74, 6) is 0.510. The molecule has 1 aromatic carbocycles. The summed E-state index contributed by atoms with van der Waals surface area (Å²) >= 11 is 3.31. The summed E-state index contributed by atoms with van der Waals surface area (Å²) in [6.45, 7) is -0.0930. The lowest BCUT2D eigenvalue weighted by molar-refractivity contribution is -0.115. The van der Waals surface area contributed by atoms with Crippen LogP contribution in [0.2, 0.25) is 0 Å². The lowest BCUT2D eigenvalue weighted by Crippen LogP contribution is -2.32. The van der Waals surface area contributed by atoms with Crippen LogP contribution >= 0.6 is 15.9 Å². The molecule has 0 bridgehead atoms. The summed E-state index contributed by atoms with van der Waals surface area (Å²) in [5, 5.41) is 9.58. The van der Waals surface area contributed by atoms with Crippen LogP contribution < -0.4 is 10.6 Å². The van der Waals surface area contributed by atoms with Crippen molar-refractivity contribution in [2.75, 3.05) is 11.9 Å². The van der Waals surface area contributed by atoms with Crippen LogP contribution in [-0.2, 0) is 11.8 Å². The zero-order chi connectivity index (χ0) is 16.4. The Balaban J connectivity index is 1.52. The minimum atomic E-state index is -0.295. The lowest BCUT2D eigenvalue weighted by Gasteiger charge is -2.05. The van der Waals surface area contributed by atoms with E-state index in [0.29, 0.717) is 17.3 Å². The van der Waals surface area contributed by atoms with Crippen LogP contribution in [0.15, 0.2) is 34.8 Å². The van der Waals surface area contributed by atoms with Gasteiger partial charge in [-0.1, -0.05) is 15.9 Å². The first kappa shape index (κ1) is 15.7. The first-order chi connectivity index (χ1) is 11.0. The predicted octanol–water partition coefficient (Wildman–Crippen LogP) is 2.43. The average Bonchev–Trinajstić information content (AvgIpc) is 3.30. The molecule has 120 valence electrons. The molecule has 6 nitrogen and oxygen atoms in total. The van der Waals surface area contributed by atoms with Crippen molar-refractivity contribution in [3.63, 3.8) is 0 Å². The van der Waals surface area contributed by atoms with Crippen LogP contribution in [0, 0.1) is 0 Å². The number of carbonyl (C=O) groups excluding carboxylic acids is 2. The highest BCUT2D eigenvalue weighted by Gasteiger charge is 2.27. The Kier molecular flexibility index (Phi) is 4.47. The Morgan fingerprint density at radius 2 is 2.00 bits per heavy atom. The van der Waals surface area contributed by atoms with E-state index in [2.05, 4.69) is 31.7 Å². The van der Waals surface area contributed by atoms with Crippen molar-refractivity contribution < 1.29 is 9.59 Å². The maximum Gasteiger partial charge on any atom is 0.251 e. The molecule has 23 heavy (non-hydrogen) atoms. The summed E-state index contributed by atoms with van der Waals surface area (Å²) < 4.78 is 2.70. The summed E-state index contributed by atoms with van der Waals surface area (Å²) in [5.41, 5.74) is 1.65. The van der Waals surface area contributed by atoms with Gasteiger partial charge in [0, 0.05) is 34.8 Å². The van der Waals surface area contributed by atoms with Gasteiger partial charge in [-0.25, -0.2) is 0 Å². The monoisotopic (exact) mass is 376 g/mol. The number of aromatic nitrogens is 2. The van der Waals surface area contributed by atoms with E-state index in [1.807, 2.05) is 13.1 Å². The molecule has 0 atom stereocenters. The second-order valence-corrected chi connectivity index (χ2v) is 6.51. The molecule has 1 aliphatic rings. The van der Waals surface area contributed by atoms with Crippen LogP contribution in [-0.4, -0.2) is 28.1 Å². The van der Waals surface area contributed by atoms with Gasteiger partial charge >= 0.3 is 0 Å². The predicted molar refractivity (Wildman–Crippen MR) is 90.3 cm³/mol. The Morgan fingerprint density at radius 1 is 1.30 bits per heavy atom. The fraction of sp³-hybridized carbons (Fsp3) is 0.312. The van der Waals surface area contributed by atoms with Crippen molar-refractivity contribution in [2.45, 2.75) is 18.8 Å². The van der Waals surface area contributed by atoms with Crippen molar-refractivity contribution in [1.82, 2.24) is 15.1 Å². The Hall–Kier alpha value is -2.15. The van der Waals surface area contributed by atoms with Crippen molar-refractivity contribution in [1.29, 1.82) is 0 Å². The fourth-order valence-electron chi connectivity index (χ4n) is 2.35. The smallest absolute Gasteiger partial charge is 0.251 e. The summed E-state index contributed by atoms with van der Waals surface area (Å²) in [4.78, 5) is 23.9. The molecule has 0 spiro atoms. The summed E-state index contributed by atoms with van der Waals surface area (Å²) in [7, 11) is 1.87. The van der Waals surface area contributed by atoms with Crippen LogP contribution in [0.5, 0.6) is 0 Å². The van der Waals surface area contributed by atoms with Gasteiger partial charge in [-0.2, -0.15) is 5.10 Å². The average molecular weight is 377 g/mol. The second-order valence-electron chi connectivity index (χ2n) is 5.59. The number of halogens is 1. The van der Waals surface area contributed by atoms with E-state index in [0.717, 1.165) is 10.2 Å². The maximum absolute atomic E-state index is 11.9. The highest BCUT2D eigenvalue weighted by atomic mass is 79.9. The molecule has 0 radical (unpaired) electrons. The van der Waals surface area contributed by atoms with Crippen LogP contribution in [0.1, 0.15) is 34.8 Å². The highest BCUT2D eigenvalue weighted by Crippen LogP contribution is 2.40. The number of hydrogen-bond acceptors (Lipinski definition) is 3. The number of anilines is 1. The summed E-state index contributed by atoms with van der Waals surface area (Å²) in [6.07, 6.45) is 2.35. The SMILES string of the molecule is Cn1nc(NC(=O)CNC(=O)c2ccc(Br)cc2)cc1C1CC1. The van der Waals surface area contributed by atoms with Gasteiger partial charge in [0.15, 0.2) is 5.82 Å². The molecule has 1 aromatic heterocycles. The molecule has 2 aromatic rings. The lowest BCUT2D eigenvalue weighted by atomic mass is 10.2. The topological polar surface area (TPSA) is 76.0 Å². The molecule has 1 aliphatic carbocycles. The molecule has 0 saturated heterocycles. The number of amides is 2. The minimum Gasteiger partial charge on any atom is -0.343 e. The largest absolute Gasteiger partial charge is 0.343 e. The molecule has 2 amide bonds. The second kappa shape index (κ2) is 6.54. The van der Waals surface area contributed by atoms with Crippen LogP contribution in [0.25, 0.3) is 0 Å². The molecule has 0 aliphatic heterocycles. The highest BCUT2D eigenvalue weighted by molar-refractivity contribution is 9.10. The third-order valence-electron chi connectivity index (χ3n) is 3.70. The molecule has 2 N–H and O–H groups in total. The zero-order valence-electron chi connectivity index (χ0n) is 12.7. The van der Waals surface area contributed by atoms with Crippen LogP contribution in [0.4, 0.5) is 5.82 Å². The van der Waals surface area contributed by atoms with Gasteiger partial charge in [-0.3, -0.25) is 14.3 Å². The molecule has 1 fully saturated rings. The molecule has 7 heteroatoms. The van der Waals surface area contributed by atoms with Crippen molar-refractivity contribution in [3.8, 4) is 0 Å². The molecule has 0 unspecified atom stereocenters. The fourth-order valence-corrected chi connectivity index (χ4v) is 2.62. The Morgan fingerprint density at radius 3 is 2.65 bits per heavy atom. The first-order valence-electron chi connectivity index (χ1n) is 7.40. The molecule has 3 rings (SSSR count). The van der Waals surface area contributed by atoms with Gasteiger partial charge < -0.3 is 10.6 Å². The quantitative estimate of drug-likeness (QED) is 0.841. The first-order valence-corrected chi connectivity index (χ1v) is 8.20. The number of hydrogen-bond donors (Lipinski definition) is 2. The summed E-state index contributed by atoms with van der Waals surface area (Å²) in [6, 6.07) is 8.84. The normalized spacial score (nSPS) is 13.7. The van der Waals surface area contributed by atoms with Gasteiger partial charge in [0.2, 0.25) is 5.91 Å². The van der Waals surface area contributed by atoms with E-state index in [1.54, 1.807) is 28.9 Å². The van der Waals surface area contributed by atoms with Gasteiger partial charge in [-0.05, 0) is 37.1 Å². The molecule has 1 saturated carbocycles. The third kappa shape index (κ3) is 3.98. The third-order valence-corrected chi connectivity index (χ3v) is 4.22. The molecule has 1 heterocycles. The molecular weight excluding hydrogens is 360 g/mol. The number of carbonyl (C=O) groups is 2. The Bertz CT molecular complexity index is 735. The van der Waals surface area contributed by atoms with Crippen LogP contribution in [0.3, 0.4) is 0 Å². The number of rotatable bonds is 5. The van der Waals surface area contributed by atoms with E-state index in [4.69, 9.17) is 0 Å². The van der Waals surface area contributed by atoms with E-state index in [9.17, 15) is 9.59 Å². The maximum atomic E-state index is 11.9. The standard InChI is InChI=1S/C16H17BrN4O2/c1-21-13(10-2-3-10)8-14(20-21)19-15(22)9-18-16(23)11-4-6-12(17)7-5-11/h4-8,10H,2-3,9H2,1H3,(H,18,23)(H,19,20,22). The van der Waals surface area contributed by atoms with Crippen molar-refractivity contribution in [2.24, 2.45) is 7.05 Å². The van der Waals surface area contributed by atoms with Crippen molar-refractivity contribution >= 4 is 33.6 Å². The van der Waals surface area contributed by atoms with E-state index < -0.39 is 0 Å². The van der Waals surface area contributed by atoms with Gasteiger partial charge in [0.25, 0.3) is 5.91 Å². The Labute approximate surface area is 142 Å². The van der Waals surface area contributed by atoms with Gasteiger partial charge in [0.1, 0.15) is 0 Å². The number of nitrogens with one attached hydrogen (secondary N) is 2. The zero-order valence-corrected chi connectivity index (χ0v) is 14.3. The van der Waals surface area contributed by atoms with Gasteiger partial charge in [-0.15, -0.1) is 0 Å². The van der Waals surface area contributed by atoms with E-state index in [1.165, 1.54) is 12.8 Å². The van der Waals surface area contributed by atoms with E-state index >= 15 is 0 Å².